The Kier molecular flexibility index (Phi) is 5.09. The van der Waals surface area contributed by atoms with Crippen molar-refractivity contribution < 1.29 is 9.53 Å². The third-order valence-corrected chi connectivity index (χ3v) is 4.03. The Morgan fingerprint density at radius 2 is 1.68 bits per heavy atom. The lowest BCUT2D eigenvalue weighted by Crippen LogP contribution is -2.13. The van der Waals surface area contributed by atoms with Crippen molar-refractivity contribution in [3.63, 3.8) is 0 Å². The minimum Gasteiger partial charge on any atom is -0.496 e. The Morgan fingerprint density at radius 1 is 1.00 bits per heavy atom. The largest absolute Gasteiger partial charge is 0.496 e. The average molecular weight is 332 g/mol. The summed E-state index contributed by atoms with van der Waals surface area (Å²) in [6.07, 6.45) is 4.42. The minimum absolute atomic E-state index is 0.178. The van der Waals surface area contributed by atoms with E-state index >= 15 is 0 Å². The van der Waals surface area contributed by atoms with Gasteiger partial charge in [-0.25, -0.2) is 0 Å². The van der Waals surface area contributed by atoms with E-state index < -0.39 is 0 Å². The van der Waals surface area contributed by atoms with Crippen molar-refractivity contribution >= 4 is 11.6 Å². The predicted octanol–water partition coefficient (Wildman–Crippen LogP) is 4.24. The fourth-order valence-electron chi connectivity index (χ4n) is 2.74. The van der Waals surface area contributed by atoms with Gasteiger partial charge < -0.3 is 10.1 Å². The molecule has 0 aliphatic rings. The van der Waals surface area contributed by atoms with E-state index in [2.05, 4.69) is 10.3 Å². The van der Waals surface area contributed by atoms with Gasteiger partial charge >= 0.3 is 0 Å². The zero-order valence-corrected chi connectivity index (χ0v) is 14.3. The van der Waals surface area contributed by atoms with Crippen LogP contribution in [-0.2, 0) is 6.42 Å². The molecule has 4 nitrogen and oxygen atoms in total. The predicted molar refractivity (Wildman–Crippen MR) is 99.2 cm³/mol. The lowest BCUT2D eigenvalue weighted by molar-refractivity contribution is 0.102. The number of aromatic nitrogens is 1. The van der Waals surface area contributed by atoms with Crippen LogP contribution >= 0.6 is 0 Å². The monoisotopic (exact) mass is 332 g/mol. The molecule has 0 fully saturated rings. The van der Waals surface area contributed by atoms with Crippen LogP contribution in [-0.4, -0.2) is 18.0 Å². The van der Waals surface area contributed by atoms with Gasteiger partial charge in [0.1, 0.15) is 5.75 Å². The summed E-state index contributed by atoms with van der Waals surface area (Å²) in [6.45, 7) is 1.92. The van der Waals surface area contributed by atoms with E-state index in [1.54, 1.807) is 25.6 Å². The quantitative estimate of drug-likeness (QED) is 0.760. The second-order valence-electron chi connectivity index (χ2n) is 5.84. The van der Waals surface area contributed by atoms with Crippen molar-refractivity contribution in [1.29, 1.82) is 0 Å². The van der Waals surface area contributed by atoms with Crippen LogP contribution in [0.2, 0.25) is 0 Å². The zero-order valence-electron chi connectivity index (χ0n) is 14.3. The molecule has 0 saturated carbocycles. The van der Waals surface area contributed by atoms with Gasteiger partial charge in [-0.2, -0.15) is 0 Å². The second-order valence-corrected chi connectivity index (χ2v) is 5.84. The van der Waals surface area contributed by atoms with Gasteiger partial charge in [-0.3, -0.25) is 9.78 Å². The summed E-state index contributed by atoms with van der Waals surface area (Å²) in [5.41, 5.74) is 4.60. The first kappa shape index (κ1) is 16.7. The van der Waals surface area contributed by atoms with Crippen LogP contribution in [0.25, 0.3) is 0 Å². The van der Waals surface area contributed by atoms with E-state index in [4.69, 9.17) is 4.74 Å². The van der Waals surface area contributed by atoms with Crippen LogP contribution in [0.5, 0.6) is 5.75 Å². The molecule has 1 amide bonds. The number of hydrogen-bond acceptors (Lipinski definition) is 3. The summed E-state index contributed by atoms with van der Waals surface area (Å²) in [4.78, 5) is 16.5. The van der Waals surface area contributed by atoms with Crippen LogP contribution in [0, 0.1) is 6.92 Å². The van der Waals surface area contributed by atoms with Crippen LogP contribution in [0.4, 0.5) is 5.69 Å². The number of methoxy groups -OCH3 is 1. The fourth-order valence-corrected chi connectivity index (χ4v) is 2.74. The molecule has 1 N–H and O–H groups in total. The molecule has 3 rings (SSSR count). The maximum atomic E-state index is 12.5. The van der Waals surface area contributed by atoms with Crippen molar-refractivity contribution in [2.75, 3.05) is 12.4 Å². The van der Waals surface area contributed by atoms with Crippen molar-refractivity contribution in [3.8, 4) is 5.75 Å². The van der Waals surface area contributed by atoms with E-state index in [1.165, 1.54) is 11.1 Å². The summed E-state index contributed by atoms with van der Waals surface area (Å²) in [7, 11) is 1.58. The van der Waals surface area contributed by atoms with E-state index in [0.717, 1.165) is 17.7 Å². The van der Waals surface area contributed by atoms with E-state index in [9.17, 15) is 4.79 Å². The number of anilines is 1. The molecular formula is C21H20N2O2. The number of carbonyl (C=O) groups is 1. The SMILES string of the molecule is COc1c(C)cccc1C(=O)Nc1ccc(Cc2ccncc2)cc1. The average Bonchev–Trinajstić information content (AvgIpc) is 2.64. The molecular weight excluding hydrogens is 312 g/mol. The number of pyridine rings is 1. The molecule has 4 heteroatoms. The minimum atomic E-state index is -0.178. The first-order chi connectivity index (χ1) is 12.2. The highest BCUT2D eigenvalue weighted by atomic mass is 16.5. The van der Waals surface area contributed by atoms with Gasteiger partial charge in [0.15, 0.2) is 0 Å². The summed E-state index contributed by atoms with van der Waals surface area (Å²) < 4.78 is 5.35. The Morgan fingerprint density at radius 3 is 2.36 bits per heavy atom. The first-order valence-corrected chi connectivity index (χ1v) is 8.10. The van der Waals surface area contributed by atoms with Gasteiger partial charge in [-0.1, -0.05) is 24.3 Å². The van der Waals surface area contributed by atoms with Gasteiger partial charge in [0.2, 0.25) is 0 Å². The van der Waals surface area contributed by atoms with E-state index in [1.807, 2.05) is 55.5 Å². The fraction of sp³-hybridized carbons (Fsp3) is 0.143. The van der Waals surface area contributed by atoms with E-state index in [-0.39, 0.29) is 5.91 Å². The van der Waals surface area contributed by atoms with Crippen molar-refractivity contribution in [2.45, 2.75) is 13.3 Å². The van der Waals surface area contributed by atoms with Crippen molar-refractivity contribution in [2.24, 2.45) is 0 Å². The Balaban J connectivity index is 1.71. The summed E-state index contributed by atoms with van der Waals surface area (Å²) >= 11 is 0. The summed E-state index contributed by atoms with van der Waals surface area (Å²) in [5.74, 6) is 0.428. The summed E-state index contributed by atoms with van der Waals surface area (Å²) in [6, 6.07) is 17.4. The third-order valence-electron chi connectivity index (χ3n) is 4.03. The molecule has 25 heavy (non-hydrogen) atoms. The number of ether oxygens (including phenoxy) is 1. The molecule has 0 aliphatic carbocycles. The van der Waals surface area contributed by atoms with Crippen molar-refractivity contribution in [1.82, 2.24) is 4.98 Å². The number of carbonyl (C=O) groups excluding carboxylic acids is 1. The molecule has 0 saturated heterocycles. The Hall–Kier alpha value is -3.14. The van der Waals surface area contributed by atoms with Gasteiger partial charge in [-0.05, 0) is 60.4 Å². The molecule has 0 unspecified atom stereocenters. The van der Waals surface area contributed by atoms with E-state index in [0.29, 0.717) is 11.3 Å². The molecule has 1 aromatic heterocycles. The number of para-hydroxylation sites is 1. The topological polar surface area (TPSA) is 51.2 Å². The Labute approximate surface area is 147 Å². The number of amides is 1. The first-order valence-electron chi connectivity index (χ1n) is 8.10. The molecule has 1 heterocycles. The third kappa shape index (κ3) is 4.04. The van der Waals surface area contributed by atoms with Crippen LogP contribution < -0.4 is 10.1 Å². The molecule has 0 aliphatic heterocycles. The lowest BCUT2D eigenvalue weighted by atomic mass is 10.1. The number of rotatable bonds is 5. The van der Waals surface area contributed by atoms with Crippen LogP contribution in [0.1, 0.15) is 27.0 Å². The normalized spacial score (nSPS) is 10.3. The summed E-state index contributed by atoms with van der Waals surface area (Å²) in [5, 5.41) is 2.92. The number of hydrogen-bond donors (Lipinski definition) is 1. The number of nitrogens with one attached hydrogen (secondary N) is 1. The number of nitrogens with zero attached hydrogens (tertiary/aromatic N) is 1. The maximum Gasteiger partial charge on any atom is 0.259 e. The maximum absolute atomic E-state index is 12.5. The number of benzene rings is 2. The van der Waals surface area contributed by atoms with Crippen LogP contribution in [0.15, 0.2) is 67.0 Å². The zero-order chi connectivity index (χ0) is 17.6. The van der Waals surface area contributed by atoms with Gasteiger partial charge in [-0.15, -0.1) is 0 Å². The highest BCUT2D eigenvalue weighted by Gasteiger charge is 2.14. The smallest absolute Gasteiger partial charge is 0.259 e. The van der Waals surface area contributed by atoms with Crippen molar-refractivity contribution in [3.05, 3.63) is 89.2 Å². The second kappa shape index (κ2) is 7.62. The standard InChI is InChI=1S/C21H20N2O2/c1-15-4-3-5-19(20(15)25-2)21(24)23-18-8-6-16(7-9-18)14-17-10-12-22-13-11-17/h3-13H,14H2,1-2H3,(H,23,24). The molecule has 0 radical (unpaired) electrons. The highest BCUT2D eigenvalue weighted by Crippen LogP contribution is 2.24. The lowest BCUT2D eigenvalue weighted by Gasteiger charge is -2.12. The van der Waals surface area contributed by atoms with Crippen LogP contribution in [0.3, 0.4) is 0 Å². The molecule has 0 atom stereocenters. The van der Waals surface area contributed by atoms with Gasteiger partial charge in [0.05, 0.1) is 12.7 Å². The molecule has 2 aromatic carbocycles. The number of aryl methyl sites for hydroxylation is 1. The molecule has 0 spiro atoms. The molecule has 3 aromatic rings. The molecule has 0 bridgehead atoms. The highest BCUT2D eigenvalue weighted by molar-refractivity contribution is 6.06. The van der Waals surface area contributed by atoms with Gasteiger partial charge in [0, 0.05) is 18.1 Å². The van der Waals surface area contributed by atoms with Gasteiger partial charge in [0.25, 0.3) is 5.91 Å². The molecule has 126 valence electrons. The Bertz CT molecular complexity index is 859.